The molecule has 1 aromatic carbocycles. The lowest BCUT2D eigenvalue weighted by Gasteiger charge is -2.35. The van der Waals surface area contributed by atoms with Crippen LogP contribution in [0.2, 0.25) is 0 Å². The maximum Gasteiger partial charge on any atom is 0.425 e. The van der Waals surface area contributed by atoms with Crippen LogP contribution in [0.5, 0.6) is 0 Å². The summed E-state index contributed by atoms with van der Waals surface area (Å²) >= 11 is 0. The Morgan fingerprint density at radius 1 is 1.03 bits per heavy atom. The molecule has 2 heterocycles. The quantitative estimate of drug-likeness (QED) is 0.639. The Bertz CT molecular complexity index is 743. The van der Waals surface area contributed by atoms with E-state index in [0.29, 0.717) is 45.6 Å². The average molecular weight is 446 g/mol. The van der Waals surface area contributed by atoms with Gasteiger partial charge in [-0.05, 0) is 43.4 Å². The number of hydrogen-bond donors (Lipinski definition) is 0. The van der Waals surface area contributed by atoms with Gasteiger partial charge in [0.1, 0.15) is 6.17 Å². The predicted molar refractivity (Wildman–Crippen MR) is 109 cm³/mol. The molecule has 0 saturated carbocycles. The molecular formula is C22H31F4N3O2. The molecule has 0 aliphatic carbocycles. The van der Waals surface area contributed by atoms with Gasteiger partial charge in [0.2, 0.25) is 0 Å². The van der Waals surface area contributed by atoms with Crippen LogP contribution in [-0.2, 0) is 17.8 Å². The molecule has 1 amide bonds. The molecule has 5 nitrogen and oxygen atoms in total. The van der Waals surface area contributed by atoms with E-state index in [0.717, 1.165) is 26.6 Å². The maximum atomic E-state index is 13.4. The minimum Gasteiger partial charge on any atom is -0.437 e. The molecule has 3 rings (SSSR count). The maximum absolute atomic E-state index is 13.4. The van der Waals surface area contributed by atoms with E-state index >= 15 is 0 Å². The number of halogens is 4. The minimum atomic E-state index is -4.55. The van der Waals surface area contributed by atoms with E-state index in [2.05, 4.69) is 33.6 Å². The molecular weight excluding hydrogens is 414 g/mol. The molecule has 31 heavy (non-hydrogen) atoms. The van der Waals surface area contributed by atoms with Gasteiger partial charge in [-0.15, -0.1) is 0 Å². The van der Waals surface area contributed by atoms with E-state index < -0.39 is 24.5 Å². The van der Waals surface area contributed by atoms with Gasteiger partial charge in [-0.2, -0.15) is 13.2 Å². The van der Waals surface area contributed by atoms with Crippen molar-refractivity contribution in [3.05, 3.63) is 34.9 Å². The Labute approximate surface area is 180 Å². The first-order valence-corrected chi connectivity index (χ1v) is 10.8. The fourth-order valence-electron chi connectivity index (χ4n) is 4.00. The van der Waals surface area contributed by atoms with Gasteiger partial charge < -0.3 is 9.64 Å². The smallest absolute Gasteiger partial charge is 0.425 e. The third-order valence-corrected chi connectivity index (χ3v) is 6.23. The zero-order chi connectivity index (χ0) is 22.6. The van der Waals surface area contributed by atoms with Crippen molar-refractivity contribution in [3.63, 3.8) is 0 Å². The van der Waals surface area contributed by atoms with Crippen LogP contribution >= 0.6 is 0 Å². The van der Waals surface area contributed by atoms with E-state index in [1.807, 2.05) is 6.07 Å². The van der Waals surface area contributed by atoms with Crippen molar-refractivity contribution >= 4 is 6.09 Å². The van der Waals surface area contributed by atoms with Crippen molar-refractivity contribution in [3.8, 4) is 0 Å². The molecule has 2 aliphatic heterocycles. The molecule has 2 aliphatic rings. The monoisotopic (exact) mass is 445 g/mol. The molecule has 1 atom stereocenters. The third-order valence-electron chi connectivity index (χ3n) is 6.23. The molecule has 0 bridgehead atoms. The Kier molecular flexibility index (Phi) is 7.80. The second-order valence-electron chi connectivity index (χ2n) is 8.48. The highest BCUT2D eigenvalue weighted by atomic mass is 19.4. The SMILES string of the molecule is Cc1c(CN2CCC(F)CC2)cccc1CN1CCN(C(=O)OC(C)C(F)(F)F)CC1. The summed E-state index contributed by atoms with van der Waals surface area (Å²) in [6, 6.07) is 6.22. The molecule has 9 heteroatoms. The van der Waals surface area contributed by atoms with Crippen LogP contribution in [0.15, 0.2) is 18.2 Å². The lowest BCUT2D eigenvalue weighted by Crippen LogP contribution is -2.49. The van der Waals surface area contributed by atoms with Gasteiger partial charge in [0.25, 0.3) is 0 Å². The molecule has 0 spiro atoms. The molecule has 2 fully saturated rings. The van der Waals surface area contributed by atoms with Gasteiger partial charge in [0, 0.05) is 52.4 Å². The van der Waals surface area contributed by atoms with Crippen molar-refractivity contribution in [2.75, 3.05) is 39.3 Å². The topological polar surface area (TPSA) is 36.0 Å². The second kappa shape index (κ2) is 10.2. The van der Waals surface area contributed by atoms with Crippen LogP contribution in [0, 0.1) is 6.92 Å². The lowest BCUT2D eigenvalue weighted by atomic mass is 10.00. The third kappa shape index (κ3) is 6.55. The second-order valence-corrected chi connectivity index (χ2v) is 8.48. The summed E-state index contributed by atoms with van der Waals surface area (Å²) in [5, 5.41) is 0. The highest BCUT2D eigenvalue weighted by Crippen LogP contribution is 2.24. The first-order chi connectivity index (χ1) is 14.6. The molecule has 0 N–H and O–H groups in total. The number of benzene rings is 1. The van der Waals surface area contributed by atoms with E-state index in [1.165, 1.54) is 21.6 Å². The summed E-state index contributed by atoms with van der Waals surface area (Å²) in [6.45, 7) is 7.82. The standard InChI is InChI=1S/C22H31F4N3O2/c1-16-18(14-27-8-6-20(23)7-9-27)4-3-5-19(16)15-28-10-12-29(13-11-28)21(30)31-17(2)22(24,25)26/h3-5,17,20H,6-15H2,1-2H3. The predicted octanol–water partition coefficient (Wildman–Crippen LogP) is 4.13. The van der Waals surface area contributed by atoms with Crippen LogP contribution in [0.4, 0.5) is 22.4 Å². The zero-order valence-corrected chi connectivity index (χ0v) is 18.1. The number of alkyl halides is 4. The first-order valence-electron chi connectivity index (χ1n) is 10.8. The largest absolute Gasteiger partial charge is 0.437 e. The Morgan fingerprint density at radius 2 is 1.55 bits per heavy atom. The van der Waals surface area contributed by atoms with Gasteiger partial charge >= 0.3 is 12.3 Å². The lowest BCUT2D eigenvalue weighted by molar-refractivity contribution is -0.200. The Balaban J connectivity index is 1.51. The normalized spacial score (nSPS) is 20.6. The fourth-order valence-corrected chi connectivity index (χ4v) is 4.00. The van der Waals surface area contributed by atoms with E-state index in [-0.39, 0.29) is 0 Å². The minimum absolute atomic E-state index is 0.334. The number of carbonyl (C=O) groups excluding carboxylic acids is 1. The molecule has 1 unspecified atom stereocenters. The van der Waals surface area contributed by atoms with E-state index in [1.54, 1.807) is 0 Å². The van der Waals surface area contributed by atoms with Crippen molar-refractivity contribution in [1.82, 2.24) is 14.7 Å². The highest BCUT2D eigenvalue weighted by Gasteiger charge is 2.40. The molecule has 0 radical (unpaired) electrons. The summed E-state index contributed by atoms with van der Waals surface area (Å²) in [5.74, 6) is 0. The van der Waals surface area contributed by atoms with Gasteiger partial charge in [0.05, 0.1) is 0 Å². The van der Waals surface area contributed by atoms with Crippen molar-refractivity contribution in [2.24, 2.45) is 0 Å². The number of rotatable bonds is 5. The Hall–Kier alpha value is -1.87. The van der Waals surface area contributed by atoms with Crippen LogP contribution in [-0.4, -0.2) is 78.5 Å². The number of hydrogen-bond acceptors (Lipinski definition) is 4. The van der Waals surface area contributed by atoms with Crippen molar-refractivity contribution < 1.29 is 27.1 Å². The van der Waals surface area contributed by atoms with Crippen LogP contribution in [0.25, 0.3) is 0 Å². The summed E-state index contributed by atoms with van der Waals surface area (Å²) in [4.78, 5) is 17.8. The summed E-state index contributed by atoms with van der Waals surface area (Å²) in [6.07, 6.45) is -7.09. The zero-order valence-electron chi connectivity index (χ0n) is 18.1. The van der Waals surface area contributed by atoms with Gasteiger partial charge in [-0.25, -0.2) is 9.18 Å². The van der Waals surface area contributed by atoms with Crippen LogP contribution < -0.4 is 0 Å². The molecule has 1 aromatic rings. The molecule has 0 aromatic heterocycles. The number of piperidine rings is 1. The van der Waals surface area contributed by atoms with Crippen LogP contribution in [0.1, 0.15) is 36.5 Å². The average Bonchev–Trinajstić information content (AvgIpc) is 2.72. The summed E-state index contributed by atoms with van der Waals surface area (Å²) in [7, 11) is 0. The number of piperazine rings is 1. The van der Waals surface area contributed by atoms with E-state index in [9.17, 15) is 22.4 Å². The van der Waals surface area contributed by atoms with Crippen LogP contribution in [0.3, 0.4) is 0 Å². The van der Waals surface area contributed by atoms with Gasteiger partial charge in [-0.3, -0.25) is 9.80 Å². The van der Waals surface area contributed by atoms with Gasteiger partial charge in [0.15, 0.2) is 6.10 Å². The van der Waals surface area contributed by atoms with Crippen molar-refractivity contribution in [2.45, 2.75) is 58.2 Å². The highest BCUT2D eigenvalue weighted by molar-refractivity contribution is 5.68. The Morgan fingerprint density at radius 3 is 2.06 bits per heavy atom. The summed E-state index contributed by atoms with van der Waals surface area (Å²) in [5.41, 5.74) is 3.64. The number of carbonyl (C=O) groups is 1. The molecule has 174 valence electrons. The van der Waals surface area contributed by atoms with E-state index in [4.69, 9.17) is 0 Å². The number of ether oxygens (including phenoxy) is 1. The first kappa shape index (κ1) is 23.8. The molecule has 2 saturated heterocycles. The summed E-state index contributed by atoms with van der Waals surface area (Å²) < 4.78 is 55.7. The van der Waals surface area contributed by atoms with Crippen molar-refractivity contribution in [1.29, 1.82) is 0 Å². The number of likely N-dealkylation sites (tertiary alicyclic amines) is 1. The van der Waals surface area contributed by atoms with Gasteiger partial charge in [-0.1, -0.05) is 18.2 Å². The number of amides is 1. The fraction of sp³-hybridized carbons (Fsp3) is 0.682. The number of nitrogens with zero attached hydrogens (tertiary/aromatic N) is 3.